The van der Waals surface area contributed by atoms with Crippen molar-refractivity contribution in [2.45, 2.75) is 0 Å². The van der Waals surface area contributed by atoms with E-state index in [2.05, 4.69) is 9.98 Å². The maximum Gasteiger partial charge on any atom is 0.209 e. The van der Waals surface area contributed by atoms with Crippen LogP contribution >= 0.6 is 22.9 Å². The summed E-state index contributed by atoms with van der Waals surface area (Å²) in [5.41, 5.74) is 3.07. The molecule has 0 amide bonds. The number of thiazole rings is 1. The van der Waals surface area contributed by atoms with E-state index in [0.717, 1.165) is 27.0 Å². The molecule has 4 heteroatoms. The summed E-state index contributed by atoms with van der Waals surface area (Å²) in [6.45, 7) is 0. The van der Waals surface area contributed by atoms with Gasteiger partial charge in [-0.3, -0.25) is 0 Å². The molecule has 0 radical (unpaired) electrons. The van der Waals surface area contributed by atoms with E-state index in [1.165, 1.54) is 11.3 Å². The molecule has 0 bridgehead atoms. The molecule has 0 aliphatic rings. The van der Waals surface area contributed by atoms with E-state index in [1.54, 1.807) is 6.21 Å². The second-order valence-corrected chi connectivity index (χ2v) is 5.46. The van der Waals surface area contributed by atoms with E-state index >= 15 is 0 Å². The van der Waals surface area contributed by atoms with Crippen molar-refractivity contribution in [1.82, 2.24) is 4.98 Å². The first-order valence-corrected chi connectivity index (χ1v) is 7.37. The SMILES string of the molecule is Clc1ccc(/C=N/c2nc(-c3ccccc3)cs2)cc1. The zero-order chi connectivity index (χ0) is 13.8. The van der Waals surface area contributed by atoms with Crippen LogP contribution in [-0.2, 0) is 0 Å². The van der Waals surface area contributed by atoms with Crippen LogP contribution in [0.3, 0.4) is 0 Å². The molecule has 0 aliphatic carbocycles. The molecular weight excluding hydrogens is 288 g/mol. The standard InChI is InChI=1S/C16H11ClN2S/c17-14-8-6-12(7-9-14)10-18-16-19-15(11-20-16)13-4-2-1-3-5-13/h1-11H/b18-10+. The van der Waals surface area contributed by atoms with E-state index in [1.807, 2.05) is 60.0 Å². The first kappa shape index (κ1) is 13.0. The Bertz CT molecular complexity index is 718. The minimum Gasteiger partial charge on any atom is -0.227 e. The zero-order valence-corrected chi connectivity index (χ0v) is 12.1. The summed E-state index contributed by atoms with van der Waals surface area (Å²) < 4.78 is 0. The minimum absolute atomic E-state index is 0.725. The highest BCUT2D eigenvalue weighted by Gasteiger charge is 2.02. The van der Waals surface area contributed by atoms with Crippen molar-refractivity contribution < 1.29 is 0 Å². The smallest absolute Gasteiger partial charge is 0.209 e. The van der Waals surface area contributed by atoms with E-state index in [4.69, 9.17) is 11.6 Å². The Labute approximate surface area is 126 Å². The lowest BCUT2D eigenvalue weighted by molar-refractivity contribution is 1.36. The number of aliphatic imine (C=N–C) groups is 1. The number of nitrogens with zero attached hydrogens (tertiary/aromatic N) is 2. The highest BCUT2D eigenvalue weighted by atomic mass is 35.5. The van der Waals surface area contributed by atoms with Gasteiger partial charge in [-0.05, 0) is 17.7 Å². The molecule has 98 valence electrons. The number of rotatable bonds is 3. The molecule has 0 N–H and O–H groups in total. The van der Waals surface area contributed by atoms with Crippen LogP contribution in [0.2, 0.25) is 5.02 Å². The molecule has 2 aromatic carbocycles. The molecule has 0 saturated carbocycles. The molecule has 0 unspecified atom stereocenters. The predicted octanol–water partition coefficient (Wildman–Crippen LogP) is 5.21. The lowest BCUT2D eigenvalue weighted by atomic mass is 10.2. The highest BCUT2D eigenvalue weighted by molar-refractivity contribution is 7.13. The highest BCUT2D eigenvalue weighted by Crippen LogP contribution is 2.26. The molecule has 0 aliphatic heterocycles. The Kier molecular flexibility index (Phi) is 3.90. The minimum atomic E-state index is 0.725. The van der Waals surface area contributed by atoms with Crippen LogP contribution in [0.25, 0.3) is 11.3 Å². The quantitative estimate of drug-likeness (QED) is 0.609. The molecule has 3 aromatic rings. The number of aromatic nitrogens is 1. The van der Waals surface area contributed by atoms with Gasteiger partial charge in [0.15, 0.2) is 0 Å². The van der Waals surface area contributed by atoms with E-state index in [9.17, 15) is 0 Å². The predicted molar refractivity (Wildman–Crippen MR) is 86.3 cm³/mol. The van der Waals surface area contributed by atoms with Crippen LogP contribution in [0.15, 0.2) is 65.0 Å². The Morgan fingerprint density at radius 2 is 1.75 bits per heavy atom. The zero-order valence-electron chi connectivity index (χ0n) is 10.5. The van der Waals surface area contributed by atoms with Gasteiger partial charge in [0.25, 0.3) is 0 Å². The number of hydrogen-bond acceptors (Lipinski definition) is 3. The monoisotopic (exact) mass is 298 g/mol. The van der Waals surface area contributed by atoms with Crippen molar-refractivity contribution in [1.29, 1.82) is 0 Å². The molecule has 1 aromatic heterocycles. The van der Waals surface area contributed by atoms with Gasteiger partial charge < -0.3 is 0 Å². The summed E-state index contributed by atoms with van der Waals surface area (Å²) >= 11 is 7.38. The Morgan fingerprint density at radius 3 is 2.50 bits per heavy atom. The van der Waals surface area contributed by atoms with Crippen molar-refractivity contribution in [2.24, 2.45) is 4.99 Å². The van der Waals surface area contributed by atoms with Gasteiger partial charge in [0.2, 0.25) is 5.13 Å². The van der Waals surface area contributed by atoms with Gasteiger partial charge in [-0.2, -0.15) is 0 Å². The number of hydrogen-bond donors (Lipinski definition) is 0. The molecule has 20 heavy (non-hydrogen) atoms. The van der Waals surface area contributed by atoms with Crippen LogP contribution in [0.4, 0.5) is 5.13 Å². The molecule has 0 atom stereocenters. The van der Waals surface area contributed by atoms with Crippen molar-refractivity contribution in [2.75, 3.05) is 0 Å². The van der Waals surface area contributed by atoms with Crippen molar-refractivity contribution >= 4 is 34.3 Å². The fourth-order valence-electron chi connectivity index (χ4n) is 1.74. The van der Waals surface area contributed by atoms with Crippen LogP contribution in [0.5, 0.6) is 0 Å². The lowest BCUT2D eigenvalue weighted by Gasteiger charge is -1.93. The summed E-state index contributed by atoms with van der Waals surface area (Å²) in [6.07, 6.45) is 1.80. The second-order valence-electron chi connectivity index (χ2n) is 4.19. The second kappa shape index (κ2) is 5.99. The van der Waals surface area contributed by atoms with E-state index < -0.39 is 0 Å². The van der Waals surface area contributed by atoms with Gasteiger partial charge >= 0.3 is 0 Å². The average Bonchev–Trinajstić information content (AvgIpc) is 2.97. The molecule has 0 spiro atoms. The summed E-state index contributed by atoms with van der Waals surface area (Å²) in [5, 5.41) is 3.49. The van der Waals surface area contributed by atoms with Crippen LogP contribution in [0, 0.1) is 0 Å². The number of halogens is 1. The maximum absolute atomic E-state index is 5.85. The largest absolute Gasteiger partial charge is 0.227 e. The van der Waals surface area contributed by atoms with Crippen molar-refractivity contribution in [3.8, 4) is 11.3 Å². The topological polar surface area (TPSA) is 25.2 Å². The molecule has 3 rings (SSSR count). The third kappa shape index (κ3) is 3.13. The third-order valence-electron chi connectivity index (χ3n) is 2.76. The molecule has 1 heterocycles. The molecule has 2 nitrogen and oxygen atoms in total. The van der Waals surface area contributed by atoms with E-state index in [-0.39, 0.29) is 0 Å². The van der Waals surface area contributed by atoms with Crippen LogP contribution in [-0.4, -0.2) is 11.2 Å². The van der Waals surface area contributed by atoms with Gasteiger partial charge in [-0.1, -0.05) is 54.1 Å². The summed E-state index contributed by atoms with van der Waals surface area (Å²) in [4.78, 5) is 8.90. The van der Waals surface area contributed by atoms with Gasteiger partial charge in [0.1, 0.15) is 0 Å². The normalized spacial score (nSPS) is 11.1. The van der Waals surface area contributed by atoms with Crippen LogP contribution in [0.1, 0.15) is 5.56 Å². The third-order valence-corrected chi connectivity index (χ3v) is 3.76. The van der Waals surface area contributed by atoms with E-state index in [0.29, 0.717) is 0 Å². The Morgan fingerprint density at radius 1 is 1.00 bits per heavy atom. The van der Waals surface area contributed by atoms with Crippen molar-refractivity contribution in [3.05, 3.63) is 70.6 Å². The van der Waals surface area contributed by atoms with Gasteiger partial charge in [-0.15, -0.1) is 11.3 Å². The summed E-state index contributed by atoms with van der Waals surface area (Å²) in [5.74, 6) is 0. The Hall–Kier alpha value is -1.97. The maximum atomic E-state index is 5.85. The van der Waals surface area contributed by atoms with Crippen LogP contribution < -0.4 is 0 Å². The van der Waals surface area contributed by atoms with Gasteiger partial charge in [0, 0.05) is 22.2 Å². The lowest BCUT2D eigenvalue weighted by Crippen LogP contribution is -1.79. The van der Waals surface area contributed by atoms with Gasteiger partial charge in [-0.25, -0.2) is 9.98 Å². The first-order valence-electron chi connectivity index (χ1n) is 6.12. The molecule has 0 saturated heterocycles. The fraction of sp³-hybridized carbons (Fsp3) is 0. The first-order chi connectivity index (χ1) is 9.81. The summed E-state index contributed by atoms with van der Waals surface area (Å²) in [7, 11) is 0. The fourth-order valence-corrected chi connectivity index (χ4v) is 2.54. The molecule has 0 fully saturated rings. The average molecular weight is 299 g/mol. The Balaban J connectivity index is 1.79. The summed E-state index contributed by atoms with van der Waals surface area (Å²) in [6, 6.07) is 17.6. The molecular formula is C16H11ClN2S. The number of benzene rings is 2. The van der Waals surface area contributed by atoms with Crippen molar-refractivity contribution in [3.63, 3.8) is 0 Å². The van der Waals surface area contributed by atoms with Gasteiger partial charge in [0.05, 0.1) is 5.69 Å².